The van der Waals surface area contributed by atoms with Crippen LogP contribution < -0.4 is 5.43 Å². The van der Waals surface area contributed by atoms with Crippen molar-refractivity contribution in [1.82, 2.24) is 5.43 Å². The molecule has 62 valence electrons. The van der Waals surface area contributed by atoms with Crippen LogP contribution in [0.15, 0.2) is 5.10 Å². The lowest BCUT2D eigenvalue weighted by atomic mass is 10.1. The van der Waals surface area contributed by atoms with Crippen LogP contribution in [0.3, 0.4) is 0 Å². The molecule has 1 unspecified atom stereocenters. The van der Waals surface area contributed by atoms with Crippen molar-refractivity contribution in [3.05, 3.63) is 0 Å². The molecule has 1 fully saturated rings. The fourth-order valence-electron chi connectivity index (χ4n) is 1.29. The number of rotatable bonds is 1. The second-order valence-electron chi connectivity index (χ2n) is 2.81. The van der Waals surface area contributed by atoms with E-state index in [1.54, 1.807) is 0 Å². The molecule has 4 heteroatoms. The Morgan fingerprint density at radius 1 is 1.82 bits per heavy atom. The maximum atomic E-state index is 10.0. The summed E-state index contributed by atoms with van der Waals surface area (Å²) in [6.07, 6.45) is 2.10. The van der Waals surface area contributed by atoms with E-state index < -0.39 is 6.09 Å². The van der Waals surface area contributed by atoms with Gasteiger partial charge in [0.05, 0.1) is 0 Å². The van der Waals surface area contributed by atoms with E-state index in [9.17, 15) is 4.79 Å². The Morgan fingerprint density at radius 3 is 3.00 bits per heavy atom. The first-order valence-electron chi connectivity index (χ1n) is 3.75. The van der Waals surface area contributed by atoms with Gasteiger partial charge in [-0.25, -0.2) is 10.2 Å². The molecule has 0 heterocycles. The van der Waals surface area contributed by atoms with Crippen LogP contribution in [0.2, 0.25) is 0 Å². The number of nitrogens with zero attached hydrogens (tertiary/aromatic N) is 1. The monoisotopic (exact) mass is 156 g/mol. The van der Waals surface area contributed by atoms with Gasteiger partial charge in [-0.05, 0) is 25.2 Å². The van der Waals surface area contributed by atoms with E-state index in [1.807, 2.05) is 5.43 Å². The normalized spacial score (nSPS) is 27.4. The summed E-state index contributed by atoms with van der Waals surface area (Å²) < 4.78 is 0. The first-order valence-corrected chi connectivity index (χ1v) is 3.75. The largest absolute Gasteiger partial charge is 0.464 e. The Balaban J connectivity index is 2.45. The van der Waals surface area contributed by atoms with Crippen LogP contribution in [0.1, 0.15) is 26.2 Å². The Hall–Kier alpha value is -1.06. The Bertz CT molecular complexity index is 189. The smallest absolute Gasteiger partial charge is 0.425 e. The van der Waals surface area contributed by atoms with Crippen molar-refractivity contribution in [1.29, 1.82) is 0 Å². The number of hydrazone groups is 1. The van der Waals surface area contributed by atoms with Gasteiger partial charge in [0.1, 0.15) is 0 Å². The highest BCUT2D eigenvalue weighted by atomic mass is 16.4. The first kappa shape index (κ1) is 8.04. The molecule has 1 saturated carbocycles. The van der Waals surface area contributed by atoms with Gasteiger partial charge in [0.15, 0.2) is 0 Å². The fraction of sp³-hybridized carbons (Fsp3) is 0.714. The zero-order chi connectivity index (χ0) is 8.27. The molecular weight excluding hydrogens is 144 g/mol. The first-order chi connectivity index (χ1) is 5.20. The molecule has 1 atom stereocenters. The SMILES string of the molecule is CC1CCCC1=NNC(=O)O. The van der Waals surface area contributed by atoms with E-state index in [2.05, 4.69) is 12.0 Å². The van der Waals surface area contributed by atoms with Crippen LogP contribution in [0.4, 0.5) is 4.79 Å². The van der Waals surface area contributed by atoms with Crippen LogP contribution in [0.25, 0.3) is 0 Å². The highest BCUT2D eigenvalue weighted by Gasteiger charge is 2.17. The lowest BCUT2D eigenvalue weighted by molar-refractivity contribution is 0.195. The Morgan fingerprint density at radius 2 is 2.55 bits per heavy atom. The van der Waals surface area contributed by atoms with Gasteiger partial charge in [-0.1, -0.05) is 6.92 Å². The van der Waals surface area contributed by atoms with Gasteiger partial charge in [0.2, 0.25) is 0 Å². The second-order valence-corrected chi connectivity index (χ2v) is 2.81. The number of nitrogens with one attached hydrogen (secondary N) is 1. The molecular formula is C7H12N2O2. The van der Waals surface area contributed by atoms with Crippen LogP contribution in [-0.4, -0.2) is 16.9 Å². The van der Waals surface area contributed by atoms with Crippen molar-refractivity contribution >= 4 is 11.8 Å². The van der Waals surface area contributed by atoms with E-state index in [1.165, 1.54) is 0 Å². The summed E-state index contributed by atoms with van der Waals surface area (Å²) in [6.45, 7) is 2.06. The molecule has 0 aromatic rings. The second kappa shape index (κ2) is 3.37. The summed E-state index contributed by atoms with van der Waals surface area (Å²) in [7, 11) is 0. The van der Waals surface area contributed by atoms with Gasteiger partial charge in [-0.15, -0.1) is 0 Å². The van der Waals surface area contributed by atoms with Crippen LogP contribution in [0, 0.1) is 5.92 Å². The zero-order valence-corrected chi connectivity index (χ0v) is 6.50. The molecule has 2 N–H and O–H groups in total. The Kier molecular flexibility index (Phi) is 2.46. The van der Waals surface area contributed by atoms with E-state index in [0.717, 1.165) is 25.0 Å². The lowest BCUT2D eigenvalue weighted by Crippen LogP contribution is -2.17. The van der Waals surface area contributed by atoms with Crippen molar-refractivity contribution in [2.45, 2.75) is 26.2 Å². The molecule has 1 amide bonds. The van der Waals surface area contributed by atoms with Crippen molar-refractivity contribution in [2.24, 2.45) is 11.0 Å². The number of hydrogen-bond acceptors (Lipinski definition) is 2. The van der Waals surface area contributed by atoms with Crippen LogP contribution in [-0.2, 0) is 0 Å². The maximum absolute atomic E-state index is 10.0. The minimum Gasteiger partial charge on any atom is -0.464 e. The molecule has 0 saturated heterocycles. The van der Waals surface area contributed by atoms with Gasteiger partial charge in [-0.2, -0.15) is 5.10 Å². The van der Waals surface area contributed by atoms with Crippen molar-refractivity contribution in [2.75, 3.05) is 0 Å². The lowest BCUT2D eigenvalue weighted by Gasteiger charge is -2.01. The molecule has 1 aliphatic rings. The number of amides is 1. The summed E-state index contributed by atoms with van der Waals surface area (Å²) in [5.41, 5.74) is 3.00. The topological polar surface area (TPSA) is 61.7 Å². The highest BCUT2D eigenvalue weighted by Crippen LogP contribution is 2.21. The molecule has 0 aromatic heterocycles. The van der Waals surface area contributed by atoms with E-state index in [0.29, 0.717) is 5.92 Å². The van der Waals surface area contributed by atoms with Gasteiger partial charge >= 0.3 is 6.09 Å². The van der Waals surface area contributed by atoms with Crippen molar-refractivity contribution in [3.8, 4) is 0 Å². The van der Waals surface area contributed by atoms with E-state index in [4.69, 9.17) is 5.11 Å². The summed E-state index contributed by atoms with van der Waals surface area (Å²) in [6, 6.07) is 0. The summed E-state index contributed by atoms with van der Waals surface area (Å²) in [5.74, 6) is 0.446. The zero-order valence-electron chi connectivity index (χ0n) is 6.50. The molecule has 0 spiro atoms. The average Bonchev–Trinajstić information content (AvgIpc) is 2.31. The predicted octanol–water partition coefficient (Wildman–Crippen LogP) is 1.43. The molecule has 1 rings (SSSR count). The quantitative estimate of drug-likeness (QED) is 0.564. The van der Waals surface area contributed by atoms with Gasteiger partial charge in [0, 0.05) is 5.71 Å². The van der Waals surface area contributed by atoms with Crippen LogP contribution in [0.5, 0.6) is 0 Å². The number of hydrogen-bond donors (Lipinski definition) is 2. The third-order valence-corrected chi connectivity index (χ3v) is 1.93. The third-order valence-electron chi connectivity index (χ3n) is 1.93. The van der Waals surface area contributed by atoms with Gasteiger partial charge < -0.3 is 5.11 Å². The molecule has 1 aliphatic carbocycles. The molecule has 0 radical (unpaired) electrons. The van der Waals surface area contributed by atoms with E-state index in [-0.39, 0.29) is 0 Å². The number of carboxylic acid groups (broad SMARTS) is 1. The van der Waals surface area contributed by atoms with E-state index >= 15 is 0 Å². The molecule has 4 nitrogen and oxygen atoms in total. The van der Waals surface area contributed by atoms with Gasteiger partial charge in [0.25, 0.3) is 0 Å². The molecule has 0 aliphatic heterocycles. The molecule has 0 bridgehead atoms. The summed E-state index contributed by atoms with van der Waals surface area (Å²) in [5, 5.41) is 12.0. The van der Waals surface area contributed by atoms with Gasteiger partial charge in [-0.3, -0.25) is 0 Å². The third kappa shape index (κ3) is 2.22. The fourth-order valence-corrected chi connectivity index (χ4v) is 1.29. The minimum atomic E-state index is -1.09. The predicted molar refractivity (Wildman–Crippen MR) is 41.6 cm³/mol. The minimum absolute atomic E-state index is 0.446. The average molecular weight is 156 g/mol. The molecule has 11 heavy (non-hydrogen) atoms. The van der Waals surface area contributed by atoms with Crippen molar-refractivity contribution in [3.63, 3.8) is 0 Å². The summed E-state index contributed by atoms with van der Waals surface area (Å²) in [4.78, 5) is 10.0. The highest BCUT2D eigenvalue weighted by molar-refractivity contribution is 5.88. The number of carbonyl (C=O) groups is 1. The molecule has 0 aromatic carbocycles. The standard InChI is InChI=1S/C7H12N2O2/c1-5-3-2-4-6(5)8-9-7(10)11/h5,9H,2-4H2,1H3,(H,10,11). The van der Waals surface area contributed by atoms with Crippen LogP contribution >= 0.6 is 0 Å². The summed E-state index contributed by atoms with van der Waals surface area (Å²) >= 11 is 0. The Labute approximate surface area is 65.3 Å². The maximum Gasteiger partial charge on any atom is 0.425 e. The van der Waals surface area contributed by atoms with Crippen molar-refractivity contribution < 1.29 is 9.90 Å².